The molecule has 0 spiro atoms. The molecule has 4 rings (SSSR count). The predicted molar refractivity (Wildman–Crippen MR) is 110 cm³/mol. The molecule has 0 radical (unpaired) electrons. The Hall–Kier alpha value is -1.39. The van der Waals surface area contributed by atoms with Crippen LogP contribution in [0.4, 0.5) is 0 Å². The van der Waals surface area contributed by atoms with E-state index >= 15 is 0 Å². The maximum atomic E-state index is 2.48. The van der Waals surface area contributed by atoms with Gasteiger partial charge in [0.25, 0.3) is 0 Å². The van der Waals surface area contributed by atoms with Gasteiger partial charge in [0.05, 0.1) is 15.2 Å². The van der Waals surface area contributed by atoms with Crippen LogP contribution in [0.3, 0.4) is 0 Å². The van der Waals surface area contributed by atoms with Gasteiger partial charge in [-0.05, 0) is 25.9 Å². The van der Waals surface area contributed by atoms with Gasteiger partial charge < -0.3 is 0 Å². The van der Waals surface area contributed by atoms with Gasteiger partial charge in [0.15, 0.2) is 0 Å². The predicted octanol–water partition coefficient (Wildman–Crippen LogP) is 4.92. The van der Waals surface area contributed by atoms with E-state index in [9.17, 15) is 0 Å². The summed E-state index contributed by atoms with van der Waals surface area (Å²) in [4.78, 5) is 0. The molecule has 0 amide bonds. The van der Waals surface area contributed by atoms with Crippen molar-refractivity contribution in [1.82, 2.24) is 0 Å². The van der Waals surface area contributed by atoms with Crippen molar-refractivity contribution >= 4 is 25.6 Å². The van der Waals surface area contributed by atoms with E-state index in [0.717, 1.165) is 0 Å². The van der Waals surface area contributed by atoms with Gasteiger partial charge in [0.1, 0.15) is 0 Å². The second-order valence-corrected chi connectivity index (χ2v) is 21.0. The Kier molecular flexibility index (Phi) is 4.13. The van der Waals surface area contributed by atoms with Crippen LogP contribution in [-0.2, 0) is 0 Å². The molecule has 0 nitrogen and oxygen atoms in total. The van der Waals surface area contributed by atoms with Gasteiger partial charge in [-0.2, -0.15) is 0 Å². The Morgan fingerprint density at radius 1 is 0.583 bits per heavy atom. The van der Waals surface area contributed by atoms with Crippen molar-refractivity contribution in [2.45, 2.75) is 50.9 Å². The van der Waals surface area contributed by atoms with Gasteiger partial charge in [-0.15, -0.1) is 0 Å². The maximum Gasteiger partial charge on any atom is 0.0898 e. The molecule has 1 fully saturated rings. The Morgan fingerprint density at radius 2 is 0.958 bits per heavy atom. The summed E-state index contributed by atoms with van der Waals surface area (Å²) in [6.45, 7) is 4.84. The molecular weight excluding hydrogens is 320 g/mol. The highest BCUT2D eigenvalue weighted by molar-refractivity contribution is 7.52. The molecule has 0 aliphatic carbocycles. The molecular formula is C22H28Si2. The number of hydrogen-bond donors (Lipinski definition) is 0. The highest BCUT2D eigenvalue weighted by Crippen LogP contribution is 2.47. The minimum atomic E-state index is -1.49. The number of benzene rings is 2. The second-order valence-electron chi connectivity index (χ2n) is 8.02. The van der Waals surface area contributed by atoms with Gasteiger partial charge in [0, 0.05) is 0 Å². The molecule has 2 aromatic rings. The molecule has 1 saturated heterocycles. The third-order valence-electron chi connectivity index (χ3n) is 6.89. The van der Waals surface area contributed by atoms with E-state index in [4.69, 9.17) is 0 Å². The van der Waals surface area contributed by atoms with E-state index in [2.05, 4.69) is 74.5 Å². The zero-order valence-corrected chi connectivity index (χ0v) is 17.0. The van der Waals surface area contributed by atoms with Crippen molar-refractivity contribution in [1.29, 1.82) is 0 Å². The van der Waals surface area contributed by atoms with Crippen LogP contribution in [0.15, 0.2) is 71.8 Å². The monoisotopic (exact) mass is 348 g/mol. The van der Waals surface area contributed by atoms with Crippen LogP contribution in [0.25, 0.3) is 0 Å². The zero-order chi connectivity index (χ0) is 16.6. The fourth-order valence-corrected chi connectivity index (χ4v) is 27.3. The summed E-state index contributed by atoms with van der Waals surface area (Å²) in [5.41, 5.74) is 3.43. The number of rotatable bonds is 2. The minimum Gasteiger partial charge on any atom is -0.0772 e. The topological polar surface area (TPSA) is 0 Å². The quantitative estimate of drug-likeness (QED) is 0.534. The molecule has 2 unspecified atom stereocenters. The number of fused-ring (bicyclic) bond motifs is 1. The smallest absolute Gasteiger partial charge is 0.0772 e. The molecule has 124 valence electrons. The fourth-order valence-electron chi connectivity index (χ4n) is 5.61. The molecule has 2 aliphatic heterocycles. The molecule has 2 heteroatoms. The van der Waals surface area contributed by atoms with Gasteiger partial charge >= 0.3 is 0 Å². The minimum absolute atomic E-state index is 1.42. The largest absolute Gasteiger partial charge is 0.0898 e. The summed E-state index contributed by atoms with van der Waals surface area (Å²) in [6, 6.07) is 29.3. The fraction of sp³-hybridized carbons (Fsp3) is 0.364. The molecule has 2 aliphatic rings. The lowest BCUT2D eigenvalue weighted by Gasteiger charge is -2.55. The first kappa shape index (κ1) is 16.1. The SMILES string of the molecule is CC1=C(C)C[Si]2(c3ccccc3)CCCC[Si]2(c2ccccc2)C1. The summed E-state index contributed by atoms with van der Waals surface area (Å²) in [5, 5.41) is 3.51. The van der Waals surface area contributed by atoms with Crippen LogP contribution in [0.1, 0.15) is 26.7 Å². The van der Waals surface area contributed by atoms with Crippen molar-refractivity contribution in [2.75, 3.05) is 0 Å². The van der Waals surface area contributed by atoms with E-state index in [1.165, 1.54) is 37.0 Å². The molecule has 24 heavy (non-hydrogen) atoms. The summed E-state index contributed by atoms with van der Waals surface area (Å²) < 4.78 is 0. The van der Waals surface area contributed by atoms with Crippen molar-refractivity contribution in [3.8, 4) is 0 Å². The van der Waals surface area contributed by atoms with Crippen molar-refractivity contribution in [3.05, 3.63) is 71.8 Å². The van der Waals surface area contributed by atoms with E-state index in [1.54, 1.807) is 21.5 Å². The summed E-state index contributed by atoms with van der Waals surface area (Å²) >= 11 is 0. The standard InChI is InChI=1S/C22H28Si2/c1-19-17-23(21-11-5-3-6-12-21)15-9-10-16-24(23,18-20(19)2)22-13-7-4-8-14-22/h3-8,11-14H,9-10,15-18H2,1-2H3. The molecule has 0 N–H and O–H groups in total. The van der Waals surface area contributed by atoms with Gasteiger partial charge in [-0.25, -0.2) is 0 Å². The molecule has 2 atom stereocenters. The average Bonchev–Trinajstić information content (AvgIpc) is 2.64. The summed E-state index contributed by atoms with van der Waals surface area (Å²) in [6.07, 6.45) is 2.91. The van der Waals surface area contributed by atoms with Crippen LogP contribution in [-0.4, -0.2) is 15.2 Å². The van der Waals surface area contributed by atoms with E-state index < -0.39 is 15.2 Å². The summed E-state index contributed by atoms with van der Waals surface area (Å²) in [7, 11) is -2.98. The van der Waals surface area contributed by atoms with Gasteiger partial charge in [-0.1, -0.05) is 107 Å². The third kappa shape index (κ3) is 2.31. The Morgan fingerprint density at radius 3 is 1.33 bits per heavy atom. The molecule has 0 bridgehead atoms. The Bertz CT molecular complexity index is 685. The van der Waals surface area contributed by atoms with Crippen molar-refractivity contribution in [2.24, 2.45) is 0 Å². The van der Waals surface area contributed by atoms with Crippen LogP contribution < -0.4 is 10.4 Å². The van der Waals surface area contributed by atoms with E-state index in [1.807, 2.05) is 0 Å². The normalized spacial score (nSPS) is 30.1. The molecule has 2 heterocycles. The Balaban J connectivity index is 1.98. The van der Waals surface area contributed by atoms with Crippen LogP contribution >= 0.6 is 0 Å². The highest BCUT2D eigenvalue weighted by Gasteiger charge is 2.59. The van der Waals surface area contributed by atoms with Crippen LogP contribution in [0, 0.1) is 0 Å². The third-order valence-corrected chi connectivity index (χ3v) is 26.1. The first-order valence-corrected chi connectivity index (χ1v) is 15.3. The average molecular weight is 349 g/mol. The van der Waals surface area contributed by atoms with Gasteiger partial charge in [0.2, 0.25) is 0 Å². The van der Waals surface area contributed by atoms with Crippen molar-refractivity contribution in [3.63, 3.8) is 0 Å². The van der Waals surface area contributed by atoms with Gasteiger partial charge in [-0.3, -0.25) is 0 Å². The molecule has 0 aromatic heterocycles. The van der Waals surface area contributed by atoms with Crippen LogP contribution in [0.2, 0.25) is 24.2 Å². The summed E-state index contributed by atoms with van der Waals surface area (Å²) in [5.74, 6) is 0. The maximum absolute atomic E-state index is 2.48. The molecule has 2 aromatic carbocycles. The lowest BCUT2D eigenvalue weighted by Crippen LogP contribution is -2.77. The first-order valence-electron chi connectivity index (χ1n) is 9.44. The number of allylic oxidation sites excluding steroid dienone is 2. The van der Waals surface area contributed by atoms with Crippen molar-refractivity contribution < 1.29 is 0 Å². The highest BCUT2D eigenvalue weighted by atomic mass is 29.3. The van der Waals surface area contributed by atoms with Crippen LogP contribution in [0.5, 0.6) is 0 Å². The lowest BCUT2D eigenvalue weighted by molar-refractivity contribution is 0.831. The lowest BCUT2D eigenvalue weighted by atomic mass is 10.2. The zero-order valence-electron chi connectivity index (χ0n) is 15.0. The first-order chi connectivity index (χ1) is 11.7. The van der Waals surface area contributed by atoms with E-state index in [-0.39, 0.29) is 0 Å². The van der Waals surface area contributed by atoms with E-state index in [0.29, 0.717) is 0 Å². The Labute approximate surface area is 148 Å². The number of hydrogen-bond acceptors (Lipinski definition) is 0. The molecule has 0 saturated carbocycles. The second kappa shape index (κ2) is 6.16.